The Labute approximate surface area is 814 Å². The number of fused-ring (bicyclic) bond motifs is 8. The summed E-state index contributed by atoms with van der Waals surface area (Å²) in [5.41, 5.74) is 14.8. The molecule has 0 amide bonds. The standard InChI is InChI=1S/C23H25NO3.C23H24O5.C23H24O4S.C20H20O3S.C19H19NO3.K/c1-3-7-18(23(25)26)21-17-9-4-5-10-19(17)24(2)22(21)16-11-12-20-15(14-16)8-6-13-27-20;1-23(2,3)28-21(22(24)25)19-16-8-4-5-9-18(16)27-20(19)15-10-11-17-14(13-15)7-6-12-26-17;1-23(2,3)27-20(22(24)25)19-16-8-4-5-9-18(16)28-21(19)15-10-11-17-14(13-15)7-6-12-26-17;1-20(2,3)23-17(19(21)22)16-14-11-7-8-12-15(14)24-18(16)13-9-5-4-6-10-13;1-3-23-18(19(21)22)16-14-11-7-8-12-15(14)20(2)17(16)13-9-5-4-6-10-13;/h4-5,9-12,14,18H,3,6-8,13H2,1-2H3,(H,25,26);4-5,8-11,13,21H,6-7,12H2,1-3H3,(H,24,25);4-5,8-11,13,20H,6-7,12H2,1-3H3,(H,24,25);4-12,17H,1-3H3,(H,21,22);4-12,18H,3H2,1-2H3,(H,21,22);/q;;;;;+1/p-1. The van der Waals surface area contributed by atoms with Crippen molar-refractivity contribution in [2.75, 3.05) is 26.4 Å². The Hall–Kier alpha value is -11.0. The van der Waals surface area contributed by atoms with Crippen molar-refractivity contribution in [3.63, 3.8) is 0 Å². The van der Waals surface area contributed by atoms with Crippen molar-refractivity contribution in [1.29, 1.82) is 0 Å². The molecule has 0 bridgehead atoms. The fraction of sp³-hybridized carbons (Fsp3) is 0.306. The summed E-state index contributed by atoms with van der Waals surface area (Å²) in [6.45, 7) is 23.2. The number of aliphatic carboxylic acids is 5. The molecule has 0 aliphatic carbocycles. The minimum Gasteiger partial charge on any atom is -0.547 e. The van der Waals surface area contributed by atoms with E-state index in [1.54, 1.807) is 22.7 Å². The summed E-state index contributed by atoms with van der Waals surface area (Å²) in [7, 11) is 3.99. The largest absolute Gasteiger partial charge is 1.00 e. The Bertz CT molecular complexity index is 6430. The van der Waals surface area contributed by atoms with Crippen molar-refractivity contribution >= 4 is 105 Å². The smallest absolute Gasteiger partial charge is 0.547 e. The van der Waals surface area contributed by atoms with Gasteiger partial charge in [-0.25, -0.2) is 14.4 Å². The molecule has 3 aliphatic rings. The second-order valence-electron chi connectivity index (χ2n) is 35.4. The van der Waals surface area contributed by atoms with Crippen LogP contribution in [-0.4, -0.2) is 103 Å². The van der Waals surface area contributed by atoms with Crippen LogP contribution in [0.2, 0.25) is 0 Å². The van der Waals surface area contributed by atoms with Crippen molar-refractivity contribution in [2.24, 2.45) is 14.1 Å². The van der Waals surface area contributed by atoms with Crippen molar-refractivity contribution in [3.05, 3.63) is 281 Å². The third-order valence-corrected chi connectivity index (χ3v) is 25.2. The number of thiophene rings is 2. The summed E-state index contributed by atoms with van der Waals surface area (Å²) in [6.07, 6.45) is 3.09. The Morgan fingerprint density at radius 1 is 0.405 bits per heavy atom. The number of carbonyl (C=O) groups is 5. The number of carboxylic acid groups (broad SMARTS) is 5. The molecule has 5 atom stereocenters. The number of para-hydroxylation sites is 3. The molecule has 0 saturated heterocycles. The molecule has 674 valence electrons. The number of furan rings is 1. The average molecular weight is 1830 g/mol. The third-order valence-electron chi connectivity index (χ3n) is 22.7. The Balaban J connectivity index is 0.000000139. The minimum atomic E-state index is -1.22. The van der Waals surface area contributed by atoms with Crippen LogP contribution in [0.5, 0.6) is 17.2 Å². The summed E-state index contributed by atoms with van der Waals surface area (Å²) >= 11 is 3.19. The van der Waals surface area contributed by atoms with E-state index in [2.05, 4.69) is 28.8 Å². The molecule has 3 aliphatic heterocycles. The first-order valence-corrected chi connectivity index (χ1v) is 45.8. The zero-order chi connectivity index (χ0) is 92.5. The first-order chi connectivity index (χ1) is 62.3. The maximum atomic E-state index is 12.2. The second-order valence-corrected chi connectivity index (χ2v) is 37.5. The zero-order valence-electron chi connectivity index (χ0n) is 76.6. The predicted molar refractivity (Wildman–Crippen MR) is 513 cm³/mol. The number of carboxylic acids is 5. The van der Waals surface area contributed by atoms with Crippen molar-refractivity contribution in [3.8, 4) is 72.0 Å². The molecule has 23 heteroatoms. The van der Waals surface area contributed by atoms with Gasteiger partial charge in [-0.3, -0.25) is 4.79 Å². The van der Waals surface area contributed by atoms with Gasteiger partial charge in [0.05, 0.1) is 59.9 Å². The average Bonchev–Trinajstić information content (AvgIpc) is 1.62. The van der Waals surface area contributed by atoms with Crippen LogP contribution in [0, 0.1) is 0 Å². The molecule has 20 nitrogen and oxygen atoms in total. The van der Waals surface area contributed by atoms with Crippen molar-refractivity contribution in [2.45, 2.75) is 175 Å². The molecule has 5 aromatic heterocycles. The number of nitrogens with zero attached hydrogens (tertiary/aromatic N) is 2. The van der Waals surface area contributed by atoms with Gasteiger partial charge in [0.1, 0.15) is 34.7 Å². The summed E-state index contributed by atoms with van der Waals surface area (Å²) in [4.78, 5) is 62.0. The summed E-state index contributed by atoms with van der Waals surface area (Å²) in [5.74, 6) is -2.16. The molecule has 0 saturated carbocycles. The number of hydrogen-bond donors (Lipinski definition) is 4. The number of ether oxygens (including phenoxy) is 7. The number of aromatic nitrogens is 2. The van der Waals surface area contributed by atoms with Gasteiger partial charge in [0.15, 0.2) is 18.3 Å². The van der Waals surface area contributed by atoms with Gasteiger partial charge in [0, 0.05) is 94.9 Å². The van der Waals surface area contributed by atoms with Crippen LogP contribution in [-0.2, 0) is 76.3 Å². The van der Waals surface area contributed by atoms with E-state index in [0.29, 0.717) is 41.1 Å². The molecule has 131 heavy (non-hydrogen) atoms. The van der Waals surface area contributed by atoms with Gasteiger partial charge in [-0.2, -0.15) is 0 Å². The first kappa shape index (κ1) is 97.5. The number of carbonyl (C=O) groups excluding carboxylic acids is 1. The van der Waals surface area contributed by atoms with Gasteiger partial charge in [0.2, 0.25) is 0 Å². The Morgan fingerprint density at radius 3 is 1.25 bits per heavy atom. The van der Waals surface area contributed by atoms with E-state index in [1.807, 2.05) is 307 Å². The molecule has 18 rings (SSSR count). The van der Waals surface area contributed by atoms with E-state index in [-0.39, 0.29) is 51.4 Å². The van der Waals surface area contributed by atoms with E-state index in [9.17, 15) is 49.5 Å². The van der Waals surface area contributed by atoms with Gasteiger partial charge in [-0.05, 0) is 254 Å². The van der Waals surface area contributed by atoms with Crippen LogP contribution >= 0.6 is 22.7 Å². The maximum Gasteiger partial charge on any atom is 1.00 e. The van der Waals surface area contributed by atoms with Crippen LogP contribution in [0.15, 0.2) is 241 Å². The maximum absolute atomic E-state index is 12.2. The summed E-state index contributed by atoms with van der Waals surface area (Å²) in [5, 5.41) is 56.0. The Kier molecular flexibility index (Phi) is 31.8. The molecule has 0 spiro atoms. The molecule has 4 N–H and O–H groups in total. The molecule has 0 radical (unpaired) electrons. The number of rotatable bonds is 22. The fourth-order valence-electron chi connectivity index (χ4n) is 17.4. The van der Waals surface area contributed by atoms with Crippen molar-refractivity contribution in [1.82, 2.24) is 9.13 Å². The minimum absolute atomic E-state index is 0. The van der Waals surface area contributed by atoms with E-state index < -0.39 is 77.0 Å². The molecule has 5 unspecified atom stereocenters. The molecule has 8 heterocycles. The summed E-state index contributed by atoms with van der Waals surface area (Å²) < 4.78 is 53.0. The van der Waals surface area contributed by atoms with Gasteiger partial charge in [0.25, 0.3) is 0 Å². The van der Waals surface area contributed by atoms with Gasteiger partial charge >= 0.3 is 75.3 Å². The number of aryl methyl sites for hydroxylation is 5. The van der Waals surface area contributed by atoms with Crippen LogP contribution in [0.25, 0.3) is 108 Å². The molecule has 0 fully saturated rings. The number of benzene rings is 10. The SMILES string of the molecule is CC(C)(C)OC(C(=O)O)c1c(-c2ccc3c(c2)CCCO3)oc2ccccc12.CC(C)(C)OC(C(=O)O)c1c(-c2ccc3c(c2)CCCO3)sc2ccccc12.CC(C)(C)OC(C(=O)[O-])c1c(-c2ccccc2)sc2ccccc12.CCCC(C(=O)O)c1c(-c2ccc3c(c2)CCCO3)n(C)c2ccccc12.CCOC(C(=O)O)c1c(-c2ccccc2)n(C)c2ccccc12.[K+]. The van der Waals surface area contributed by atoms with E-state index >= 15 is 0 Å². The quantitative estimate of drug-likeness (QED) is 0.0459. The third kappa shape index (κ3) is 22.5. The second kappa shape index (κ2) is 42.7. The molecule has 10 aromatic carbocycles. The van der Waals surface area contributed by atoms with E-state index in [0.717, 1.165) is 195 Å². The normalized spacial score (nSPS) is 14.1. The van der Waals surface area contributed by atoms with Gasteiger partial charge < -0.3 is 77.0 Å². The topological polar surface area (TPSA) is 277 Å². The van der Waals surface area contributed by atoms with E-state index in [4.69, 9.17) is 37.6 Å². The monoisotopic (exact) mass is 1830 g/mol. The van der Waals surface area contributed by atoms with E-state index in [1.165, 1.54) is 11.1 Å². The predicted octanol–water partition coefficient (Wildman–Crippen LogP) is 21.5. The van der Waals surface area contributed by atoms with Crippen LogP contribution in [0.4, 0.5) is 0 Å². The zero-order valence-corrected chi connectivity index (χ0v) is 81.4. The first-order valence-electron chi connectivity index (χ1n) is 44.1. The van der Waals surface area contributed by atoms with Gasteiger partial charge in [-0.1, -0.05) is 165 Å². The molecular formula is C108H111KN2O18S2. The Morgan fingerprint density at radius 2 is 0.786 bits per heavy atom. The van der Waals surface area contributed by atoms with Crippen LogP contribution in [0.1, 0.15) is 183 Å². The fourth-order valence-corrected chi connectivity index (χ4v) is 19.8. The number of hydrogen-bond acceptors (Lipinski definition) is 16. The van der Waals surface area contributed by atoms with Crippen molar-refractivity contribution < 1.29 is 138 Å². The van der Waals surface area contributed by atoms with Crippen LogP contribution < -0.4 is 70.7 Å². The molecular weight excluding hydrogens is 1720 g/mol. The van der Waals surface area contributed by atoms with Crippen LogP contribution in [0.3, 0.4) is 0 Å². The summed E-state index contributed by atoms with van der Waals surface area (Å²) in [6, 6.07) is 77.1. The van der Waals surface area contributed by atoms with Gasteiger partial charge in [-0.15, -0.1) is 22.7 Å². The molecule has 15 aromatic rings.